The molecule has 0 aliphatic rings. The standard InChI is InChI=1S/C4H10N4/c1-8(2)4(6)7-3-5/h3H,1-2H3,(H3,5,6,7). The fourth-order valence-corrected chi connectivity index (χ4v) is 0.182. The van der Waals surface area contributed by atoms with Crippen LogP contribution in [0.25, 0.3) is 0 Å². The van der Waals surface area contributed by atoms with Gasteiger partial charge in [0.1, 0.15) is 6.34 Å². The van der Waals surface area contributed by atoms with E-state index in [0.29, 0.717) is 5.96 Å². The number of nitrogens with zero attached hydrogens (tertiary/aromatic N) is 2. The highest BCUT2D eigenvalue weighted by molar-refractivity contribution is 5.84. The first kappa shape index (κ1) is 6.94. The van der Waals surface area contributed by atoms with Crippen molar-refractivity contribution in [3.63, 3.8) is 0 Å². The van der Waals surface area contributed by atoms with Crippen molar-refractivity contribution < 1.29 is 0 Å². The molecule has 3 N–H and O–H groups in total. The summed E-state index contributed by atoms with van der Waals surface area (Å²) in [6.45, 7) is 0. The Balaban J connectivity index is 3.78. The van der Waals surface area contributed by atoms with E-state index in [1.54, 1.807) is 19.0 Å². The summed E-state index contributed by atoms with van der Waals surface area (Å²) in [5.74, 6) is 0.347. The maximum absolute atomic E-state index is 6.51. The molecule has 0 heterocycles. The Morgan fingerprint density at radius 1 is 1.75 bits per heavy atom. The minimum absolute atomic E-state index is 0.347. The second kappa shape index (κ2) is 3.01. The number of aliphatic imine (C=N–C) groups is 1. The van der Waals surface area contributed by atoms with E-state index < -0.39 is 0 Å². The summed E-state index contributed by atoms with van der Waals surface area (Å²) >= 11 is 0. The summed E-state index contributed by atoms with van der Waals surface area (Å²) in [4.78, 5) is 5.12. The third-order valence-corrected chi connectivity index (χ3v) is 0.655. The smallest absolute Gasteiger partial charge is 0.196 e. The summed E-state index contributed by atoms with van der Waals surface area (Å²) in [5.41, 5.74) is 5.25. The van der Waals surface area contributed by atoms with E-state index in [1.807, 2.05) is 0 Å². The molecule has 0 saturated heterocycles. The van der Waals surface area contributed by atoms with Crippen LogP contribution in [0.1, 0.15) is 0 Å². The van der Waals surface area contributed by atoms with Gasteiger partial charge < -0.3 is 10.6 Å². The van der Waals surface area contributed by atoms with E-state index >= 15 is 0 Å². The van der Waals surface area contributed by atoms with Crippen molar-refractivity contribution in [1.29, 1.82) is 5.41 Å². The topological polar surface area (TPSA) is 65.5 Å². The summed E-state index contributed by atoms with van der Waals surface area (Å²) in [7, 11) is 3.53. The molecule has 0 radical (unpaired) electrons. The molecule has 0 aliphatic heterocycles. The minimum atomic E-state index is 0.347. The van der Waals surface area contributed by atoms with Gasteiger partial charge in [0.05, 0.1) is 0 Å². The molecule has 0 unspecified atom stereocenters. The Hall–Kier alpha value is -1.06. The number of hydrogen-bond acceptors (Lipinski definition) is 1. The van der Waals surface area contributed by atoms with Gasteiger partial charge in [-0.1, -0.05) is 0 Å². The van der Waals surface area contributed by atoms with Gasteiger partial charge in [0, 0.05) is 14.1 Å². The molecule has 0 rings (SSSR count). The van der Waals surface area contributed by atoms with E-state index in [0.717, 1.165) is 6.34 Å². The van der Waals surface area contributed by atoms with Gasteiger partial charge in [0.2, 0.25) is 0 Å². The van der Waals surface area contributed by atoms with E-state index in [9.17, 15) is 0 Å². The monoisotopic (exact) mass is 114 g/mol. The molecule has 0 aromatic rings. The van der Waals surface area contributed by atoms with Crippen LogP contribution in [0.2, 0.25) is 0 Å². The van der Waals surface area contributed by atoms with Crippen LogP contribution in [0, 0.1) is 5.41 Å². The Morgan fingerprint density at radius 3 is 2.38 bits per heavy atom. The number of nitrogens with one attached hydrogen (secondary N) is 1. The fraction of sp³-hybridized carbons (Fsp3) is 0.500. The summed E-state index contributed by atoms with van der Waals surface area (Å²) in [6, 6.07) is 0. The zero-order valence-electron chi connectivity index (χ0n) is 5.05. The van der Waals surface area contributed by atoms with Crippen LogP contribution in [0.3, 0.4) is 0 Å². The molecule has 0 fully saturated rings. The number of rotatable bonds is 1. The molecule has 4 nitrogen and oxygen atoms in total. The highest BCUT2D eigenvalue weighted by atomic mass is 15.2. The zero-order chi connectivity index (χ0) is 6.57. The molecule has 8 heavy (non-hydrogen) atoms. The summed E-state index contributed by atoms with van der Waals surface area (Å²) < 4.78 is 0. The summed E-state index contributed by atoms with van der Waals surface area (Å²) in [6.07, 6.45) is 0.912. The van der Waals surface area contributed by atoms with Gasteiger partial charge in [-0.05, 0) is 0 Å². The third kappa shape index (κ3) is 2.17. The SMILES string of the molecule is CN(C)C(N)=NC=N. The molecule has 0 aromatic heterocycles. The largest absolute Gasteiger partial charge is 0.369 e. The maximum Gasteiger partial charge on any atom is 0.196 e. The Bertz CT molecular complexity index is 105. The van der Waals surface area contributed by atoms with Gasteiger partial charge >= 0.3 is 0 Å². The third-order valence-electron chi connectivity index (χ3n) is 0.655. The van der Waals surface area contributed by atoms with Crippen molar-refractivity contribution in [1.82, 2.24) is 4.90 Å². The van der Waals surface area contributed by atoms with Crippen molar-refractivity contribution in [2.45, 2.75) is 0 Å². The molecule has 0 aromatic carbocycles. The Morgan fingerprint density at radius 2 is 2.25 bits per heavy atom. The molecule has 0 atom stereocenters. The van der Waals surface area contributed by atoms with Crippen LogP contribution in [0.4, 0.5) is 0 Å². The van der Waals surface area contributed by atoms with E-state index in [2.05, 4.69) is 4.99 Å². The average molecular weight is 114 g/mol. The van der Waals surface area contributed by atoms with Gasteiger partial charge in [-0.3, -0.25) is 5.41 Å². The zero-order valence-corrected chi connectivity index (χ0v) is 5.05. The van der Waals surface area contributed by atoms with Gasteiger partial charge in [-0.15, -0.1) is 0 Å². The van der Waals surface area contributed by atoms with Crippen molar-refractivity contribution >= 4 is 12.3 Å². The predicted octanol–water partition coefficient (Wildman–Crippen LogP) is -0.530. The lowest BCUT2D eigenvalue weighted by Crippen LogP contribution is -2.30. The van der Waals surface area contributed by atoms with Crippen molar-refractivity contribution in [2.24, 2.45) is 10.7 Å². The Labute approximate surface area is 48.5 Å². The molecule has 4 heteroatoms. The first-order chi connectivity index (χ1) is 3.68. The second-order valence-electron chi connectivity index (χ2n) is 1.51. The normalized spacial score (nSPS) is 11.0. The molecule has 0 bridgehead atoms. The van der Waals surface area contributed by atoms with E-state index in [-0.39, 0.29) is 0 Å². The van der Waals surface area contributed by atoms with Crippen molar-refractivity contribution in [3.05, 3.63) is 0 Å². The molecule has 0 amide bonds. The van der Waals surface area contributed by atoms with E-state index in [4.69, 9.17) is 11.1 Å². The molecule has 0 spiro atoms. The van der Waals surface area contributed by atoms with Crippen LogP contribution < -0.4 is 5.73 Å². The number of hydrogen-bond donors (Lipinski definition) is 2. The molecule has 0 saturated carbocycles. The predicted molar refractivity (Wildman–Crippen MR) is 34.1 cm³/mol. The highest BCUT2D eigenvalue weighted by Crippen LogP contribution is 1.69. The van der Waals surface area contributed by atoms with Crippen LogP contribution in [-0.4, -0.2) is 31.3 Å². The molecule has 46 valence electrons. The van der Waals surface area contributed by atoms with Crippen molar-refractivity contribution in [2.75, 3.05) is 14.1 Å². The van der Waals surface area contributed by atoms with Gasteiger partial charge in [-0.2, -0.15) is 0 Å². The van der Waals surface area contributed by atoms with Crippen molar-refractivity contribution in [3.8, 4) is 0 Å². The molecule has 0 aliphatic carbocycles. The number of nitrogens with two attached hydrogens (primary N) is 1. The van der Waals surface area contributed by atoms with Crippen LogP contribution in [-0.2, 0) is 0 Å². The average Bonchev–Trinajstić information content (AvgIpc) is 1.67. The highest BCUT2D eigenvalue weighted by Gasteiger charge is 1.87. The fourth-order valence-electron chi connectivity index (χ4n) is 0.182. The quantitative estimate of drug-likeness (QED) is 0.355. The lowest BCUT2D eigenvalue weighted by atomic mass is 10.8. The van der Waals surface area contributed by atoms with Gasteiger partial charge in [0.25, 0.3) is 0 Å². The van der Waals surface area contributed by atoms with Crippen LogP contribution in [0.15, 0.2) is 4.99 Å². The Kier molecular flexibility index (Phi) is 2.61. The first-order valence-electron chi connectivity index (χ1n) is 2.18. The maximum atomic E-state index is 6.51. The second-order valence-corrected chi connectivity index (χ2v) is 1.51. The van der Waals surface area contributed by atoms with Crippen LogP contribution in [0.5, 0.6) is 0 Å². The molecular weight excluding hydrogens is 104 g/mol. The van der Waals surface area contributed by atoms with Crippen LogP contribution >= 0.6 is 0 Å². The molecular formula is C4H10N4. The van der Waals surface area contributed by atoms with Gasteiger partial charge in [0.15, 0.2) is 5.96 Å². The van der Waals surface area contributed by atoms with E-state index in [1.165, 1.54) is 0 Å². The first-order valence-corrected chi connectivity index (χ1v) is 2.18. The summed E-state index contributed by atoms with van der Waals surface area (Å²) in [5, 5.41) is 6.51. The van der Waals surface area contributed by atoms with Gasteiger partial charge in [-0.25, -0.2) is 4.99 Å². The minimum Gasteiger partial charge on any atom is -0.369 e. The lowest BCUT2D eigenvalue weighted by molar-refractivity contribution is 0.616. The lowest BCUT2D eigenvalue weighted by Gasteiger charge is -2.07. The number of guanidine groups is 1.